The number of halogens is 1. The Morgan fingerprint density at radius 2 is 2.00 bits per heavy atom. The summed E-state index contributed by atoms with van der Waals surface area (Å²) < 4.78 is 8.14. The Hall–Kier alpha value is -1.29. The molecule has 78 valence electrons. The monoisotopic (exact) mass is 266 g/mol. The minimum Gasteiger partial charge on any atom is -0.477 e. The Morgan fingerprint density at radius 1 is 1.27 bits per heavy atom. The van der Waals surface area contributed by atoms with Gasteiger partial charge in [0.2, 0.25) is 5.88 Å². The first kappa shape index (κ1) is 10.2. The molecule has 0 aliphatic carbocycles. The predicted octanol–water partition coefficient (Wildman–Crippen LogP) is 3.03. The molecule has 4 heteroatoms. The van der Waals surface area contributed by atoms with Crippen molar-refractivity contribution in [1.29, 1.82) is 0 Å². The van der Waals surface area contributed by atoms with Gasteiger partial charge in [0.25, 0.3) is 0 Å². The maximum atomic E-state index is 5.29. The Balaban J connectivity index is 2.25. The summed E-state index contributed by atoms with van der Waals surface area (Å²) >= 11 is 3.39. The van der Waals surface area contributed by atoms with Gasteiger partial charge in [0.15, 0.2) is 0 Å². The molecule has 0 spiro atoms. The largest absolute Gasteiger partial charge is 0.477 e. The van der Waals surface area contributed by atoms with Crippen LogP contribution >= 0.6 is 15.9 Å². The lowest BCUT2D eigenvalue weighted by molar-refractivity contribution is 0.324. The predicted molar refractivity (Wildman–Crippen MR) is 62.4 cm³/mol. The average Bonchev–Trinajstić information content (AvgIpc) is 2.68. The molecule has 1 aromatic carbocycles. The van der Waals surface area contributed by atoms with Crippen molar-refractivity contribution in [2.45, 2.75) is 6.92 Å². The van der Waals surface area contributed by atoms with Crippen molar-refractivity contribution in [3.8, 4) is 11.6 Å². The van der Waals surface area contributed by atoms with Crippen LogP contribution in [-0.2, 0) is 0 Å². The van der Waals surface area contributed by atoms with Crippen molar-refractivity contribution < 1.29 is 4.74 Å². The molecule has 0 fully saturated rings. The van der Waals surface area contributed by atoms with E-state index in [0.29, 0.717) is 12.5 Å². The summed E-state index contributed by atoms with van der Waals surface area (Å²) in [5, 5.41) is 4.28. The standard InChI is InChI=1S/C11H11BrN2O/c1-2-15-11-7-8-14(13-11)10-5-3-9(12)4-6-10/h3-8H,2H2,1H3. The summed E-state index contributed by atoms with van der Waals surface area (Å²) in [5.74, 6) is 0.653. The van der Waals surface area contributed by atoms with E-state index in [1.807, 2.05) is 43.5 Å². The average molecular weight is 267 g/mol. The van der Waals surface area contributed by atoms with Crippen molar-refractivity contribution in [1.82, 2.24) is 9.78 Å². The van der Waals surface area contributed by atoms with E-state index in [-0.39, 0.29) is 0 Å². The Morgan fingerprint density at radius 3 is 2.67 bits per heavy atom. The summed E-state index contributed by atoms with van der Waals surface area (Å²) in [4.78, 5) is 0. The van der Waals surface area contributed by atoms with Gasteiger partial charge in [-0.2, -0.15) is 0 Å². The highest BCUT2D eigenvalue weighted by Gasteiger charge is 2.00. The number of aromatic nitrogens is 2. The first-order valence-corrected chi connectivity index (χ1v) is 5.53. The molecule has 1 heterocycles. The molecule has 0 unspecified atom stereocenters. The lowest BCUT2D eigenvalue weighted by Crippen LogP contribution is -1.96. The van der Waals surface area contributed by atoms with Crippen LogP contribution < -0.4 is 4.74 Å². The molecule has 2 aromatic rings. The second-order valence-electron chi connectivity index (χ2n) is 3.01. The molecule has 0 aliphatic rings. The molecule has 0 atom stereocenters. The van der Waals surface area contributed by atoms with Gasteiger partial charge in [-0.3, -0.25) is 0 Å². The van der Waals surface area contributed by atoms with E-state index in [0.717, 1.165) is 10.2 Å². The maximum absolute atomic E-state index is 5.29. The molecular formula is C11H11BrN2O. The third-order valence-electron chi connectivity index (χ3n) is 1.95. The zero-order valence-electron chi connectivity index (χ0n) is 8.35. The minimum absolute atomic E-state index is 0.636. The summed E-state index contributed by atoms with van der Waals surface area (Å²) in [5.41, 5.74) is 1.02. The molecule has 0 bridgehead atoms. The van der Waals surface area contributed by atoms with Crippen molar-refractivity contribution >= 4 is 15.9 Å². The van der Waals surface area contributed by atoms with Gasteiger partial charge in [0.1, 0.15) is 0 Å². The summed E-state index contributed by atoms with van der Waals surface area (Å²) in [6, 6.07) is 9.81. The summed E-state index contributed by atoms with van der Waals surface area (Å²) in [6.07, 6.45) is 1.88. The van der Waals surface area contributed by atoms with E-state index in [9.17, 15) is 0 Å². The Kier molecular flexibility index (Phi) is 3.06. The normalized spacial score (nSPS) is 10.3. The number of ether oxygens (including phenoxy) is 1. The van der Waals surface area contributed by atoms with Crippen LogP contribution in [0.25, 0.3) is 5.69 Å². The van der Waals surface area contributed by atoms with Crippen molar-refractivity contribution in [3.63, 3.8) is 0 Å². The van der Waals surface area contributed by atoms with Gasteiger partial charge in [-0.15, -0.1) is 5.10 Å². The van der Waals surface area contributed by atoms with E-state index in [1.54, 1.807) is 4.68 Å². The fourth-order valence-electron chi connectivity index (χ4n) is 1.27. The highest BCUT2D eigenvalue weighted by molar-refractivity contribution is 9.10. The molecule has 0 radical (unpaired) electrons. The molecule has 0 saturated carbocycles. The number of hydrogen-bond acceptors (Lipinski definition) is 2. The third-order valence-corrected chi connectivity index (χ3v) is 2.48. The van der Waals surface area contributed by atoms with Gasteiger partial charge < -0.3 is 4.74 Å². The highest BCUT2D eigenvalue weighted by Crippen LogP contribution is 2.15. The fraction of sp³-hybridized carbons (Fsp3) is 0.182. The smallest absolute Gasteiger partial charge is 0.233 e. The van der Waals surface area contributed by atoms with Gasteiger partial charge in [0.05, 0.1) is 12.3 Å². The van der Waals surface area contributed by atoms with E-state index in [2.05, 4.69) is 21.0 Å². The molecule has 1 aromatic heterocycles. The third kappa shape index (κ3) is 2.39. The highest BCUT2D eigenvalue weighted by atomic mass is 79.9. The molecule has 15 heavy (non-hydrogen) atoms. The van der Waals surface area contributed by atoms with Crippen LogP contribution in [0.15, 0.2) is 41.0 Å². The summed E-state index contributed by atoms with van der Waals surface area (Å²) in [7, 11) is 0. The van der Waals surface area contributed by atoms with Crippen LogP contribution in [0.5, 0.6) is 5.88 Å². The number of rotatable bonds is 3. The molecule has 3 nitrogen and oxygen atoms in total. The van der Waals surface area contributed by atoms with Gasteiger partial charge in [0, 0.05) is 16.7 Å². The van der Waals surface area contributed by atoms with Gasteiger partial charge in [-0.1, -0.05) is 15.9 Å². The quantitative estimate of drug-likeness (QED) is 0.854. The molecule has 2 rings (SSSR count). The van der Waals surface area contributed by atoms with Crippen molar-refractivity contribution in [2.24, 2.45) is 0 Å². The van der Waals surface area contributed by atoms with Crippen LogP contribution in [0.4, 0.5) is 0 Å². The maximum Gasteiger partial charge on any atom is 0.233 e. The van der Waals surface area contributed by atoms with Gasteiger partial charge >= 0.3 is 0 Å². The number of benzene rings is 1. The van der Waals surface area contributed by atoms with Gasteiger partial charge in [-0.05, 0) is 31.2 Å². The molecular weight excluding hydrogens is 256 g/mol. The zero-order valence-corrected chi connectivity index (χ0v) is 9.94. The van der Waals surface area contributed by atoms with Gasteiger partial charge in [-0.25, -0.2) is 4.68 Å². The zero-order chi connectivity index (χ0) is 10.7. The second-order valence-corrected chi connectivity index (χ2v) is 3.92. The van der Waals surface area contributed by atoms with Crippen molar-refractivity contribution in [3.05, 3.63) is 41.0 Å². The van der Waals surface area contributed by atoms with Crippen LogP contribution in [0.1, 0.15) is 6.92 Å². The lowest BCUT2D eigenvalue weighted by Gasteiger charge is -2.01. The van der Waals surface area contributed by atoms with Crippen LogP contribution in [0.2, 0.25) is 0 Å². The van der Waals surface area contributed by atoms with E-state index >= 15 is 0 Å². The first-order valence-electron chi connectivity index (χ1n) is 4.74. The minimum atomic E-state index is 0.636. The number of hydrogen-bond donors (Lipinski definition) is 0. The van der Waals surface area contributed by atoms with E-state index in [4.69, 9.17) is 4.74 Å². The van der Waals surface area contributed by atoms with Crippen LogP contribution in [0.3, 0.4) is 0 Å². The molecule has 0 aliphatic heterocycles. The Bertz CT molecular complexity index is 436. The fourth-order valence-corrected chi connectivity index (χ4v) is 1.53. The van der Waals surface area contributed by atoms with Crippen LogP contribution in [0, 0.1) is 0 Å². The summed E-state index contributed by atoms with van der Waals surface area (Å²) in [6.45, 7) is 2.58. The van der Waals surface area contributed by atoms with E-state index in [1.165, 1.54) is 0 Å². The SMILES string of the molecule is CCOc1ccn(-c2ccc(Br)cc2)n1. The second kappa shape index (κ2) is 4.49. The molecule has 0 amide bonds. The molecule has 0 saturated heterocycles. The van der Waals surface area contributed by atoms with Crippen LogP contribution in [-0.4, -0.2) is 16.4 Å². The molecule has 0 N–H and O–H groups in total. The Labute approximate surface area is 96.8 Å². The topological polar surface area (TPSA) is 27.1 Å². The first-order chi connectivity index (χ1) is 7.29. The van der Waals surface area contributed by atoms with Crippen molar-refractivity contribution in [2.75, 3.05) is 6.61 Å². The number of nitrogens with zero attached hydrogens (tertiary/aromatic N) is 2. The van der Waals surface area contributed by atoms with E-state index < -0.39 is 0 Å². The lowest BCUT2D eigenvalue weighted by atomic mass is 10.3.